The van der Waals surface area contributed by atoms with E-state index in [1.807, 2.05) is 0 Å². The molecule has 1 aromatic rings. The van der Waals surface area contributed by atoms with Crippen molar-refractivity contribution in [1.29, 1.82) is 0 Å². The van der Waals surface area contributed by atoms with Crippen LogP contribution in [0.3, 0.4) is 0 Å². The molecule has 104 valence electrons. The van der Waals surface area contributed by atoms with Gasteiger partial charge in [0, 0.05) is 18.7 Å². The zero-order valence-electron chi connectivity index (χ0n) is 10.9. The molecule has 19 heavy (non-hydrogen) atoms. The van der Waals surface area contributed by atoms with Crippen LogP contribution in [-0.4, -0.2) is 32.4 Å². The van der Waals surface area contributed by atoms with Gasteiger partial charge in [-0.25, -0.2) is 8.42 Å². The fourth-order valence-electron chi connectivity index (χ4n) is 1.95. The van der Waals surface area contributed by atoms with E-state index in [1.54, 1.807) is 12.1 Å². The van der Waals surface area contributed by atoms with Crippen LogP contribution in [0.4, 0.5) is 5.69 Å². The number of ether oxygens (including phenoxy) is 1. The first kappa shape index (κ1) is 13.9. The molecule has 0 spiro atoms. The van der Waals surface area contributed by atoms with Crippen LogP contribution in [0.5, 0.6) is 5.75 Å². The van der Waals surface area contributed by atoms with Gasteiger partial charge in [0.05, 0.1) is 12.8 Å². The van der Waals surface area contributed by atoms with Gasteiger partial charge in [-0.15, -0.1) is 6.58 Å². The second-order valence-electron chi connectivity index (χ2n) is 4.50. The van der Waals surface area contributed by atoms with Crippen LogP contribution in [-0.2, 0) is 10.0 Å². The second-order valence-corrected chi connectivity index (χ2v) is 6.36. The quantitative estimate of drug-likeness (QED) is 0.635. The van der Waals surface area contributed by atoms with Crippen LogP contribution in [0.2, 0.25) is 0 Å². The number of nitrogens with two attached hydrogens (primary N) is 1. The Labute approximate surface area is 113 Å². The summed E-state index contributed by atoms with van der Waals surface area (Å²) in [5, 5.41) is 0. The molecule has 1 saturated carbocycles. The molecular formula is C13H18N2O3S. The third-order valence-electron chi connectivity index (χ3n) is 3.07. The van der Waals surface area contributed by atoms with Crippen molar-refractivity contribution < 1.29 is 13.2 Å². The Morgan fingerprint density at radius 3 is 2.68 bits per heavy atom. The molecule has 0 atom stereocenters. The minimum absolute atomic E-state index is 0.0736. The zero-order chi connectivity index (χ0) is 14.0. The summed E-state index contributed by atoms with van der Waals surface area (Å²) in [7, 11) is -2.06. The summed E-state index contributed by atoms with van der Waals surface area (Å²) in [6.45, 7) is 3.91. The molecule has 0 aromatic heterocycles. The molecule has 0 bridgehead atoms. The highest BCUT2D eigenvalue weighted by Crippen LogP contribution is 2.34. The van der Waals surface area contributed by atoms with E-state index in [0.717, 1.165) is 12.8 Å². The number of hydrogen-bond acceptors (Lipinski definition) is 4. The Balaban J connectivity index is 2.40. The van der Waals surface area contributed by atoms with E-state index in [1.165, 1.54) is 23.5 Å². The molecule has 6 heteroatoms. The van der Waals surface area contributed by atoms with Crippen molar-refractivity contribution in [2.75, 3.05) is 19.4 Å². The van der Waals surface area contributed by atoms with E-state index in [-0.39, 0.29) is 16.6 Å². The predicted octanol–water partition coefficient (Wildman–Crippen LogP) is 1.62. The Hall–Kier alpha value is -1.53. The van der Waals surface area contributed by atoms with Crippen LogP contribution in [0.15, 0.2) is 35.7 Å². The Morgan fingerprint density at radius 1 is 1.53 bits per heavy atom. The standard InChI is InChI=1S/C13H18N2O3S/c1-3-8-15(10-4-5-10)19(16,17)13-7-6-11(18-2)9-12(13)14/h3,6-7,9-10H,1,4-5,8,14H2,2H3. The Kier molecular flexibility index (Phi) is 3.82. The van der Waals surface area contributed by atoms with E-state index in [4.69, 9.17) is 10.5 Å². The van der Waals surface area contributed by atoms with Crippen LogP contribution in [0.25, 0.3) is 0 Å². The molecule has 1 aliphatic carbocycles. The summed E-state index contributed by atoms with van der Waals surface area (Å²) in [4.78, 5) is 0.127. The fraction of sp³-hybridized carbons (Fsp3) is 0.385. The minimum atomic E-state index is -3.57. The molecule has 0 amide bonds. The average Bonchev–Trinajstić information content (AvgIpc) is 3.19. The smallest absolute Gasteiger partial charge is 0.245 e. The maximum Gasteiger partial charge on any atom is 0.245 e. The number of hydrogen-bond donors (Lipinski definition) is 1. The lowest BCUT2D eigenvalue weighted by molar-refractivity contribution is 0.414. The molecule has 1 aliphatic rings. The number of nitrogen functional groups attached to an aromatic ring is 1. The number of nitrogens with zero attached hydrogens (tertiary/aromatic N) is 1. The zero-order valence-corrected chi connectivity index (χ0v) is 11.7. The number of sulfonamides is 1. The molecule has 2 N–H and O–H groups in total. The first-order valence-electron chi connectivity index (χ1n) is 6.07. The predicted molar refractivity (Wildman–Crippen MR) is 74.5 cm³/mol. The van der Waals surface area contributed by atoms with Crippen LogP contribution >= 0.6 is 0 Å². The van der Waals surface area contributed by atoms with E-state index >= 15 is 0 Å². The molecule has 0 radical (unpaired) electrons. The van der Waals surface area contributed by atoms with Crippen molar-refractivity contribution >= 4 is 15.7 Å². The fourth-order valence-corrected chi connectivity index (χ4v) is 3.70. The van der Waals surface area contributed by atoms with Crippen molar-refractivity contribution in [3.8, 4) is 5.75 Å². The van der Waals surface area contributed by atoms with Gasteiger partial charge in [-0.2, -0.15) is 4.31 Å². The van der Waals surface area contributed by atoms with Gasteiger partial charge in [0.1, 0.15) is 10.6 Å². The first-order chi connectivity index (χ1) is 9.00. The van der Waals surface area contributed by atoms with Gasteiger partial charge in [-0.3, -0.25) is 0 Å². The molecule has 2 rings (SSSR count). The Bertz CT molecular complexity index is 580. The van der Waals surface area contributed by atoms with Crippen LogP contribution in [0, 0.1) is 0 Å². The number of methoxy groups -OCH3 is 1. The average molecular weight is 282 g/mol. The van der Waals surface area contributed by atoms with E-state index in [0.29, 0.717) is 12.3 Å². The summed E-state index contributed by atoms with van der Waals surface area (Å²) >= 11 is 0. The van der Waals surface area contributed by atoms with Gasteiger partial charge in [0.15, 0.2) is 0 Å². The highest BCUT2D eigenvalue weighted by atomic mass is 32.2. The molecule has 0 saturated heterocycles. The molecule has 5 nitrogen and oxygen atoms in total. The highest BCUT2D eigenvalue weighted by molar-refractivity contribution is 7.89. The molecule has 0 heterocycles. The monoisotopic (exact) mass is 282 g/mol. The summed E-state index contributed by atoms with van der Waals surface area (Å²) in [6, 6.07) is 4.68. The third-order valence-corrected chi connectivity index (χ3v) is 5.06. The molecule has 1 aromatic carbocycles. The lowest BCUT2D eigenvalue weighted by atomic mass is 10.3. The van der Waals surface area contributed by atoms with Gasteiger partial charge >= 0.3 is 0 Å². The topological polar surface area (TPSA) is 72.6 Å². The largest absolute Gasteiger partial charge is 0.497 e. The summed E-state index contributed by atoms with van der Waals surface area (Å²) in [6.07, 6.45) is 3.38. The lowest BCUT2D eigenvalue weighted by Gasteiger charge is -2.21. The lowest BCUT2D eigenvalue weighted by Crippen LogP contribution is -2.33. The summed E-state index contributed by atoms with van der Waals surface area (Å²) < 4.78 is 31.6. The number of rotatable bonds is 6. The number of anilines is 1. The normalized spacial score (nSPS) is 15.5. The second kappa shape index (κ2) is 5.22. The van der Waals surface area contributed by atoms with E-state index in [2.05, 4.69) is 6.58 Å². The van der Waals surface area contributed by atoms with Gasteiger partial charge in [-0.05, 0) is 25.0 Å². The van der Waals surface area contributed by atoms with Gasteiger partial charge < -0.3 is 10.5 Å². The third kappa shape index (κ3) is 2.74. The first-order valence-corrected chi connectivity index (χ1v) is 7.51. The summed E-state index contributed by atoms with van der Waals surface area (Å²) in [5.74, 6) is 0.540. The van der Waals surface area contributed by atoms with Crippen LogP contribution in [0.1, 0.15) is 12.8 Å². The molecule has 0 unspecified atom stereocenters. The minimum Gasteiger partial charge on any atom is -0.497 e. The SMILES string of the molecule is C=CCN(C1CC1)S(=O)(=O)c1ccc(OC)cc1N. The van der Waals surface area contributed by atoms with Crippen LogP contribution < -0.4 is 10.5 Å². The highest BCUT2D eigenvalue weighted by Gasteiger charge is 2.38. The van der Waals surface area contributed by atoms with Crippen molar-refractivity contribution in [3.63, 3.8) is 0 Å². The van der Waals surface area contributed by atoms with Gasteiger partial charge in [0.25, 0.3) is 0 Å². The van der Waals surface area contributed by atoms with E-state index < -0.39 is 10.0 Å². The molecule has 0 aliphatic heterocycles. The summed E-state index contributed by atoms with van der Waals surface area (Å²) in [5.41, 5.74) is 6.03. The van der Waals surface area contributed by atoms with Gasteiger partial charge in [0.2, 0.25) is 10.0 Å². The maximum absolute atomic E-state index is 12.6. The van der Waals surface area contributed by atoms with Crippen molar-refractivity contribution in [1.82, 2.24) is 4.31 Å². The molecular weight excluding hydrogens is 264 g/mol. The van der Waals surface area contributed by atoms with Crippen molar-refractivity contribution in [3.05, 3.63) is 30.9 Å². The van der Waals surface area contributed by atoms with Crippen molar-refractivity contribution in [2.24, 2.45) is 0 Å². The Morgan fingerprint density at radius 2 is 2.21 bits per heavy atom. The number of benzene rings is 1. The molecule has 1 fully saturated rings. The maximum atomic E-state index is 12.6. The van der Waals surface area contributed by atoms with Crippen molar-refractivity contribution in [2.45, 2.75) is 23.8 Å². The van der Waals surface area contributed by atoms with E-state index in [9.17, 15) is 8.42 Å². The van der Waals surface area contributed by atoms with Gasteiger partial charge in [-0.1, -0.05) is 6.08 Å².